The fourth-order valence-corrected chi connectivity index (χ4v) is 8.99. The maximum Gasteiger partial charge on any atom is 0.164 e. The molecule has 4 nitrogen and oxygen atoms in total. The molecule has 0 saturated heterocycles. The van der Waals surface area contributed by atoms with Gasteiger partial charge in [0.15, 0.2) is 17.5 Å². The molecule has 0 spiro atoms. The van der Waals surface area contributed by atoms with E-state index < -0.39 is 0 Å². The molecular formula is C53H32N4. The summed E-state index contributed by atoms with van der Waals surface area (Å²) in [6, 6.07) is 69.3. The van der Waals surface area contributed by atoms with Crippen molar-refractivity contribution < 1.29 is 0 Å². The third-order valence-electron chi connectivity index (χ3n) is 11.6. The van der Waals surface area contributed by atoms with Crippen LogP contribution >= 0.6 is 0 Å². The zero-order valence-corrected chi connectivity index (χ0v) is 30.8. The van der Waals surface area contributed by atoms with Gasteiger partial charge in [-0.05, 0) is 72.7 Å². The van der Waals surface area contributed by atoms with E-state index in [0.29, 0.717) is 17.5 Å². The first-order valence-electron chi connectivity index (χ1n) is 19.4. The van der Waals surface area contributed by atoms with Gasteiger partial charge in [-0.1, -0.05) is 170 Å². The molecule has 0 amide bonds. The maximum absolute atomic E-state index is 5.29. The van der Waals surface area contributed by atoms with E-state index in [9.17, 15) is 0 Å². The van der Waals surface area contributed by atoms with E-state index >= 15 is 0 Å². The van der Waals surface area contributed by atoms with Crippen LogP contribution in [-0.2, 0) is 0 Å². The van der Waals surface area contributed by atoms with E-state index in [1.54, 1.807) is 0 Å². The Bertz CT molecular complexity index is 3500. The number of benzene rings is 10. The first-order chi connectivity index (χ1) is 28.3. The first kappa shape index (κ1) is 31.6. The van der Waals surface area contributed by atoms with Gasteiger partial charge in [-0.25, -0.2) is 15.0 Å². The predicted octanol–water partition coefficient (Wildman–Crippen LogP) is 13.7. The highest BCUT2D eigenvalue weighted by molar-refractivity contribution is 6.29. The van der Waals surface area contributed by atoms with Crippen molar-refractivity contribution in [1.29, 1.82) is 0 Å². The molecule has 0 aliphatic rings. The maximum atomic E-state index is 5.29. The van der Waals surface area contributed by atoms with Crippen molar-refractivity contribution in [2.24, 2.45) is 0 Å². The van der Waals surface area contributed by atoms with Crippen molar-refractivity contribution >= 4 is 75.7 Å². The Morgan fingerprint density at radius 1 is 0.298 bits per heavy atom. The van der Waals surface area contributed by atoms with Gasteiger partial charge in [0.05, 0.1) is 16.7 Å². The molecule has 0 fully saturated rings. The van der Waals surface area contributed by atoms with Crippen LogP contribution in [0.4, 0.5) is 0 Å². The highest BCUT2D eigenvalue weighted by atomic mass is 15.0. The highest BCUT2D eigenvalue weighted by Crippen LogP contribution is 2.42. The van der Waals surface area contributed by atoms with Crippen LogP contribution in [-0.4, -0.2) is 19.5 Å². The Labute approximate surface area is 328 Å². The fraction of sp³-hybridized carbons (Fsp3) is 0. The Morgan fingerprint density at radius 2 is 0.754 bits per heavy atom. The van der Waals surface area contributed by atoms with Crippen LogP contribution in [0.2, 0.25) is 0 Å². The van der Waals surface area contributed by atoms with Crippen LogP contribution in [0.1, 0.15) is 0 Å². The molecule has 57 heavy (non-hydrogen) atoms. The van der Waals surface area contributed by atoms with E-state index in [1.807, 2.05) is 0 Å². The summed E-state index contributed by atoms with van der Waals surface area (Å²) in [6.45, 7) is 0. The minimum Gasteiger partial charge on any atom is -0.309 e. The second-order valence-electron chi connectivity index (χ2n) is 14.8. The normalized spacial score (nSPS) is 11.9. The second-order valence-corrected chi connectivity index (χ2v) is 14.8. The van der Waals surface area contributed by atoms with Gasteiger partial charge in [-0.3, -0.25) is 0 Å². The van der Waals surface area contributed by atoms with Gasteiger partial charge in [-0.2, -0.15) is 0 Å². The second kappa shape index (κ2) is 12.4. The van der Waals surface area contributed by atoms with Crippen LogP contribution < -0.4 is 0 Å². The molecular weight excluding hydrogens is 693 g/mol. The molecule has 10 aromatic carbocycles. The van der Waals surface area contributed by atoms with Crippen LogP contribution in [0.5, 0.6) is 0 Å². The molecule has 0 unspecified atom stereocenters. The quantitative estimate of drug-likeness (QED) is 0.181. The molecule has 0 bridgehead atoms. The molecule has 2 heterocycles. The number of rotatable bonds is 4. The minimum atomic E-state index is 0.637. The number of hydrogen-bond donors (Lipinski definition) is 0. The average molecular weight is 725 g/mol. The van der Waals surface area contributed by atoms with Gasteiger partial charge in [0.2, 0.25) is 0 Å². The lowest BCUT2D eigenvalue weighted by molar-refractivity contribution is 1.08. The van der Waals surface area contributed by atoms with Crippen LogP contribution in [0.3, 0.4) is 0 Å². The molecule has 0 aliphatic carbocycles. The van der Waals surface area contributed by atoms with Crippen LogP contribution in [0.25, 0.3) is 116 Å². The predicted molar refractivity (Wildman–Crippen MR) is 238 cm³/mol. The van der Waals surface area contributed by atoms with Crippen molar-refractivity contribution in [2.45, 2.75) is 0 Å². The lowest BCUT2D eigenvalue weighted by Crippen LogP contribution is -2.01. The molecule has 4 heteroatoms. The molecule has 0 N–H and O–H groups in total. The zero-order chi connectivity index (χ0) is 37.5. The Morgan fingerprint density at radius 3 is 1.44 bits per heavy atom. The molecule has 2 aromatic heterocycles. The van der Waals surface area contributed by atoms with Crippen molar-refractivity contribution in [1.82, 2.24) is 19.5 Å². The molecule has 0 radical (unpaired) electrons. The fourth-order valence-electron chi connectivity index (χ4n) is 8.99. The van der Waals surface area contributed by atoms with Gasteiger partial charge < -0.3 is 4.57 Å². The summed E-state index contributed by atoms with van der Waals surface area (Å²) in [5.41, 5.74) is 6.34. The smallest absolute Gasteiger partial charge is 0.164 e. The highest BCUT2D eigenvalue weighted by Gasteiger charge is 2.21. The van der Waals surface area contributed by atoms with Gasteiger partial charge in [-0.15, -0.1) is 0 Å². The summed E-state index contributed by atoms with van der Waals surface area (Å²) >= 11 is 0. The third-order valence-corrected chi connectivity index (χ3v) is 11.6. The molecule has 12 aromatic rings. The summed E-state index contributed by atoms with van der Waals surface area (Å²) in [5.74, 6) is 1.93. The number of fused-ring (bicyclic) bond motifs is 10. The van der Waals surface area contributed by atoms with Gasteiger partial charge >= 0.3 is 0 Å². The van der Waals surface area contributed by atoms with Crippen molar-refractivity contribution in [3.63, 3.8) is 0 Å². The van der Waals surface area contributed by atoms with Gasteiger partial charge in [0.25, 0.3) is 0 Å². The molecule has 0 atom stereocenters. The number of hydrogen-bond acceptors (Lipinski definition) is 3. The lowest BCUT2D eigenvalue weighted by atomic mass is 10.00. The lowest BCUT2D eigenvalue weighted by Gasteiger charge is -2.15. The standard InChI is InChI=1S/C53H32N4/c1-2-16-37-32-38(27-26-33(37)12-1)51-54-52(44-23-9-17-34-13-3-6-18-39(34)44)56-53(55-51)45-24-10-22-43-42(45)21-11-25-46(43)57-47-30-28-35-14-4-7-19-40(35)49(47)50-41-20-8-5-15-36(41)29-31-48(50)57/h1-32H. The Balaban J connectivity index is 1.13. The SMILES string of the molecule is c1ccc2cc(-c3nc(-c4cccc5ccccc45)nc(-c4cccc5c(-n6c7ccc8ccccc8c7c7c8ccccc8ccc76)cccc45)n3)ccc2c1. The van der Waals surface area contributed by atoms with Crippen molar-refractivity contribution in [3.05, 3.63) is 194 Å². The topological polar surface area (TPSA) is 43.6 Å². The van der Waals surface area contributed by atoms with E-state index in [2.05, 4.69) is 199 Å². The molecule has 12 rings (SSSR count). The van der Waals surface area contributed by atoms with Crippen LogP contribution in [0.15, 0.2) is 194 Å². The molecule has 0 aliphatic heterocycles. The average Bonchev–Trinajstić information content (AvgIpc) is 3.63. The van der Waals surface area contributed by atoms with Gasteiger partial charge in [0, 0.05) is 32.8 Å². The van der Waals surface area contributed by atoms with Crippen LogP contribution in [0, 0.1) is 0 Å². The summed E-state index contributed by atoms with van der Waals surface area (Å²) < 4.78 is 2.45. The summed E-state index contributed by atoms with van der Waals surface area (Å²) in [4.78, 5) is 15.7. The number of nitrogens with zero attached hydrogens (tertiary/aromatic N) is 4. The Kier molecular flexibility index (Phi) is 6.89. The summed E-state index contributed by atoms with van der Waals surface area (Å²) in [7, 11) is 0. The monoisotopic (exact) mass is 724 g/mol. The number of aromatic nitrogens is 4. The minimum absolute atomic E-state index is 0.637. The van der Waals surface area contributed by atoms with Gasteiger partial charge in [0.1, 0.15) is 0 Å². The molecule has 0 saturated carbocycles. The Hall–Kier alpha value is -7.69. The van der Waals surface area contributed by atoms with E-state index in [4.69, 9.17) is 15.0 Å². The van der Waals surface area contributed by atoms with E-state index in [1.165, 1.54) is 48.7 Å². The largest absolute Gasteiger partial charge is 0.309 e. The van der Waals surface area contributed by atoms with E-state index in [-0.39, 0.29) is 0 Å². The third kappa shape index (κ3) is 4.91. The summed E-state index contributed by atoms with van der Waals surface area (Å²) in [6.07, 6.45) is 0. The zero-order valence-electron chi connectivity index (χ0n) is 30.8. The first-order valence-corrected chi connectivity index (χ1v) is 19.4. The van der Waals surface area contributed by atoms with Crippen molar-refractivity contribution in [2.75, 3.05) is 0 Å². The van der Waals surface area contributed by atoms with E-state index in [0.717, 1.165) is 49.3 Å². The molecule has 264 valence electrons. The summed E-state index contributed by atoms with van der Waals surface area (Å²) in [5, 5.41) is 14.3. The van der Waals surface area contributed by atoms with Crippen molar-refractivity contribution in [3.8, 4) is 39.9 Å².